The summed E-state index contributed by atoms with van der Waals surface area (Å²) in [5.41, 5.74) is 0. The van der Waals surface area contributed by atoms with Gasteiger partial charge in [0.2, 0.25) is 0 Å². The molecule has 0 aromatic heterocycles. The summed E-state index contributed by atoms with van der Waals surface area (Å²) in [6.07, 6.45) is 1.48. The van der Waals surface area contributed by atoms with E-state index in [1.54, 1.807) is 0 Å². The fraction of sp³-hybridized carbons (Fsp3) is 0.278. The molecule has 0 heterocycles. The molecule has 0 spiro atoms. The van der Waals surface area contributed by atoms with Crippen LogP contribution in [0.2, 0.25) is 0 Å². The molecule has 21 heavy (non-hydrogen) atoms. The van der Waals surface area contributed by atoms with E-state index in [0.717, 1.165) is 17.9 Å². The molecule has 2 aromatic rings. The van der Waals surface area contributed by atoms with Crippen LogP contribution >= 0.6 is 0 Å². The van der Waals surface area contributed by atoms with Gasteiger partial charge in [-0.25, -0.2) is 0 Å². The molecule has 3 rings (SSSR count). The van der Waals surface area contributed by atoms with Gasteiger partial charge in [0, 0.05) is 12.8 Å². The van der Waals surface area contributed by atoms with Gasteiger partial charge in [-0.05, 0) is 30.7 Å². The highest BCUT2D eigenvalue weighted by molar-refractivity contribution is 5.84. The Bertz CT molecular complexity index is 580. The largest absolute Gasteiger partial charge is 0.490 e. The van der Waals surface area contributed by atoms with E-state index in [9.17, 15) is 4.79 Å². The average molecular weight is 282 g/mol. The van der Waals surface area contributed by atoms with Crippen LogP contribution in [0.3, 0.4) is 0 Å². The van der Waals surface area contributed by atoms with Gasteiger partial charge < -0.3 is 9.47 Å². The number of carbonyl (C=O) groups is 1. The van der Waals surface area contributed by atoms with Crippen LogP contribution in [-0.2, 0) is 4.79 Å². The Labute approximate surface area is 124 Å². The smallest absolute Gasteiger partial charge is 0.173 e. The first-order valence-electron chi connectivity index (χ1n) is 7.27. The number of carbonyl (C=O) groups excluding carboxylic acids is 1. The zero-order valence-corrected chi connectivity index (χ0v) is 11.8. The van der Waals surface area contributed by atoms with E-state index in [1.807, 2.05) is 60.7 Å². The Kier molecular flexibility index (Phi) is 4.20. The Hall–Kier alpha value is -2.29. The highest BCUT2D eigenvalue weighted by Gasteiger charge is 2.31. The summed E-state index contributed by atoms with van der Waals surface area (Å²) in [6, 6.07) is 19.2. The molecule has 1 saturated carbocycles. The lowest BCUT2D eigenvalue weighted by atomic mass is 9.93. The van der Waals surface area contributed by atoms with Gasteiger partial charge in [-0.3, -0.25) is 4.79 Å². The second-order valence-electron chi connectivity index (χ2n) is 5.21. The maximum absolute atomic E-state index is 12.0. The van der Waals surface area contributed by atoms with Crippen LogP contribution in [0, 0.1) is 0 Å². The van der Waals surface area contributed by atoms with Crippen molar-refractivity contribution in [3.05, 3.63) is 60.7 Å². The lowest BCUT2D eigenvalue weighted by Gasteiger charge is -2.29. The topological polar surface area (TPSA) is 35.5 Å². The van der Waals surface area contributed by atoms with Crippen molar-refractivity contribution < 1.29 is 14.3 Å². The molecule has 3 nitrogen and oxygen atoms in total. The number of hydrogen-bond donors (Lipinski definition) is 0. The fourth-order valence-corrected chi connectivity index (χ4v) is 2.53. The maximum Gasteiger partial charge on any atom is 0.173 e. The zero-order valence-electron chi connectivity index (χ0n) is 11.8. The molecule has 0 radical (unpaired) electrons. The first kappa shape index (κ1) is 13.7. The van der Waals surface area contributed by atoms with Crippen molar-refractivity contribution in [1.82, 2.24) is 0 Å². The summed E-state index contributed by atoms with van der Waals surface area (Å²) in [5, 5.41) is 0. The van der Waals surface area contributed by atoms with Gasteiger partial charge in [-0.2, -0.15) is 0 Å². The van der Waals surface area contributed by atoms with Crippen LogP contribution in [0.4, 0.5) is 0 Å². The Balaban J connectivity index is 1.63. The van der Waals surface area contributed by atoms with Crippen molar-refractivity contribution in [3.63, 3.8) is 0 Å². The third kappa shape index (κ3) is 3.63. The molecule has 0 N–H and O–H groups in total. The minimum Gasteiger partial charge on any atom is -0.490 e. The molecule has 0 saturated heterocycles. The molecule has 2 aromatic carbocycles. The lowest BCUT2D eigenvalue weighted by molar-refractivity contribution is -0.130. The number of hydrogen-bond acceptors (Lipinski definition) is 3. The number of benzene rings is 2. The van der Waals surface area contributed by atoms with Crippen molar-refractivity contribution in [2.24, 2.45) is 0 Å². The summed E-state index contributed by atoms with van der Waals surface area (Å²) in [7, 11) is 0. The molecular weight excluding hydrogens is 264 g/mol. The summed E-state index contributed by atoms with van der Waals surface area (Å²) < 4.78 is 11.7. The van der Waals surface area contributed by atoms with Crippen molar-refractivity contribution >= 4 is 5.78 Å². The van der Waals surface area contributed by atoms with E-state index in [4.69, 9.17) is 9.47 Å². The van der Waals surface area contributed by atoms with Gasteiger partial charge in [0.05, 0.1) is 0 Å². The molecule has 1 aliphatic rings. The lowest BCUT2D eigenvalue weighted by Crippen LogP contribution is -2.39. The third-order valence-corrected chi connectivity index (χ3v) is 3.62. The Morgan fingerprint density at radius 2 is 1.38 bits per heavy atom. The van der Waals surface area contributed by atoms with Crippen molar-refractivity contribution in [2.45, 2.75) is 31.5 Å². The van der Waals surface area contributed by atoms with Gasteiger partial charge in [0.15, 0.2) is 11.9 Å². The maximum atomic E-state index is 12.0. The average Bonchev–Trinajstić information content (AvgIpc) is 2.53. The highest BCUT2D eigenvalue weighted by Crippen LogP contribution is 2.25. The van der Waals surface area contributed by atoms with Crippen molar-refractivity contribution in [3.8, 4) is 11.5 Å². The Morgan fingerprint density at radius 1 is 0.810 bits per heavy atom. The zero-order chi connectivity index (χ0) is 14.5. The van der Waals surface area contributed by atoms with E-state index in [-0.39, 0.29) is 11.9 Å². The van der Waals surface area contributed by atoms with Gasteiger partial charge in [-0.1, -0.05) is 36.4 Å². The molecule has 0 amide bonds. The Morgan fingerprint density at radius 3 is 2.00 bits per heavy atom. The van der Waals surface area contributed by atoms with E-state index in [2.05, 4.69) is 0 Å². The predicted molar refractivity (Wildman–Crippen MR) is 80.6 cm³/mol. The van der Waals surface area contributed by atoms with E-state index in [0.29, 0.717) is 12.8 Å². The van der Waals surface area contributed by atoms with Crippen LogP contribution in [0.25, 0.3) is 0 Å². The number of rotatable bonds is 4. The van der Waals surface area contributed by atoms with Gasteiger partial charge in [0.25, 0.3) is 0 Å². The van der Waals surface area contributed by atoms with Crippen LogP contribution in [0.15, 0.2) is 60.7 Å². The molecule has 2 unspecified atom stereocenters. The summed E-state index contributed by atoms with van der Waals surface area (Å²) in [4.78, 5) is 12.0. The van der Waals surface area contributed by atoms with Crippen LogP contribution in [0.1, 0.15) is 19.3 Å². The summed E-state index contributed by atoms with van der Waals surface area (Å²) in [6.45, 7) is 0. The van der Waals surface area contributed by atoms with Gasteiger partial charge >= 0.3 is 0 Å². The minimum absolute atomic E-state index is 0.0267. The molecule has 3 heteroatoms. The van der Waals surface area contributed by atoms with Crippen molar-refractivity contribution in [1.29, 1.82) is 0 Å². The first-order valence-corrected chi connectivity index (χ1v) is 7.27. The number of Topliss-reactive ketones (excluding diaryl/α,β-unsaturated/α-hetero) is 1. The number of para-hydroxylation sites is 2. The monoisotopic (exact) mass is 282 g/mol. The predicted octanol–water partition coefficient (Wildman–Crippen LogP) is 3.63. The molecular formula is C18H18O3. The molecule has 0 bridgehead atoms. The first-order chi connectivity index (χ1) is 10.3. The van der Waals surface area contributed by atoms with Crippen LogP contribution in [0.5, 0.6) is 11.5 Å². The molecule has 108 valence electrons. The number of ether oxygens (including phenoxy) is 2. The van der Waals surface area contributed by atoms with Gasteiger partial charge in [-0.15, -0.1) is 0 Å². The molecule has 1 aliphatic carbocycles. The molecule has 1 fully saturated rings. The highest BCUT2D eigenvalue weighted by atomic mass is 16.5. The number of ketones is 1. The fourth-order valence-electron chi connectivity index (χ4n) is 2.53. The van der Waals surface area contributed by atoms with Gasteiger partial charge in [0.1, 0.15) is 17.6 Å². The van der Waals surface area contributed by atoms with Crippen molar-refractivity contribution in [2.75, 3.05) is 0 Å². The molecule has 0 aliphatic heterocycles. The van der Waals surface area contributed by atoms with E-state index < -0.39 is 6.10 Å². The summed E-state index contributed by atoms with van der Waals surface area (Å²) in [5.74, 6) is 1.73. The standard InChI is InChI=1S/C18H18O3/c19-17-12-11-16(20-14-7-3-1-4-8-14)13-18(17)21-15-9-5-2-6-10-15/h1-10,16,18H,11-13H2. The SMILES string of the molecule is O=C1CCC(Oc2ccccc2)CC1Oc1ccccc1. The van der Waals surface area contributed by atoms with Crippen LogP contribution in [-0.4, -0.2) is 18.0 Å². The second kappa shape index (κ2) is 6.44. The quantitative estimate of drug-likeness (QED) is 0.859. The third-order valence-electron chi connectivity index (χ3n) is 3.62. The molecule has 2 atom stereocenters. The normalized spacial score (nSPS) is 21.8. The van der Waals surface area contributed by atoms with Crippen LogP contribution < -0.4 is 9.47 Å². The minimum atomic E-state index is -0.408. The summed E-state index contributed by atoms with van der Waals surface area (Å²) >= 11 is 0. The van der Waals surface area contributed by atoms with E-state index >= 15 is 0 Å². The van der Waals surface area contributed by atoms with E-state index in [1.165, 1.54) is 0 Å². The second-order valence-corrected chi connectivity index (χ2v) is 5.21.